The number of benzene rings is 2. The van der Waals surface area contributed by atoms with Crippen LogP contribution in [0, 0.1) is 0 Å². The zero-order valence-electron chi connectivity index (χ0n) is 22.4. The minimum absolute atomic E-state index is 0.156. The Morgan fingerprint density at radius 3 is 2.48 bits per heavy atom. The minimum atomic E-state index is -0.782. The van der Waals surface area contributed by atoms with Crippen molar-refractivity contribution in [3.8, 4) is 27.6 Å². The molecule has 0 unspecified atom stereocenters. The van der Waals surface area contributed by atoms with Crippen LogP contribution in [0.3, 0.4) is 0 Å². The molecular formula is C29H27N7O4S2. The number of hydrogen-bond acceptors (Lipinski definition) is 9. The Hall–Kier alpha value is -4.75. The molecule has 0 atom stereocenters. The molecule has 0 spiro atoms. The summed E-state index contributed by atoms with van der Waals surface area (Å²) in [4.78, 5) is 45.3. The van der Waals surface area contributed by atoms with E-state index in [-0.39, 0.29) is 23.6 Å². The van der Waals surface area contributed by atoms with Crippen molar-refractivity contribution in [2.75, 3.05) is 6.54 Å². The maximum absolute atomic E-state index is 13.4. The molecule has 0 aliphatic heterocycles. The normalized spacial score (nSPS) is 11.2. The molecule has 42 heavy (non-hydrogen) atoms. The lowest BCUT2D eigenvalue weighted by Crippen LogP contribution is -2.24. The quantitative estimate of drug-likeness (QED) is 0.102. The van der Waals surface area contributed by atoms with Crippen LogP contribution in [0.2, 0.25) is 0 Å². The van der Waals surface area contributed by atoms with Crippen LogP contribution in [0.25, 0.3) is 27.6 Å². The minimum Gasteiger partial charge on any atom is -0.481 e. The first-order valence-corrected chi connectivity index (χ1v) is 15.0. The molecule has 3 aromatic heterocycles. The molecule has 0 saturated heterocycles. The van der Waals surface area contributed by atoms with Gasteiger partial charge in [0, 0.05) is 46.6 Å². The summed E-state index contributed by atoms with van der Waals surface area (Å²) in [5.41, 5.74) is 3.07. The van der Waals surface area contributed by atoms with E-state index >= 15 is 0 Å². The molecule has 0 bridgehead atoms. The third kappa shape index (κ3) is 7.11. The van der Waals surface area contributed by atoms with E-state index < -0.39 is 5.97 Å². The van der Waals surface area contributed by atoms with Crippen LogP contribution in [0.15, 0.2) is 86.6 Å². The van der Waals surface area contributed by atoms with E-state index in [1.807, 2.05) is 47.8 Å². The molecule has 0 radical (unpaired) electrons. The number of nitrogens with zero attached hydrogens (tertiary/aromatic N) is 5. The number of thiazole rings is 2. The van der Waals surface area contributed by atoms with Crippen molar-refractivity contribution in [1.82, 2.24) is 25.1 Å². The van der Waals surface area contributed by atoms with Gasteiger partial charge in [-0.1, -0.05) is 55.3 Å². The van der Waals surface area contributed by atoms with E-state index in [1.165, 1.54) is 27.4 Å². The summed E-state index contributed by atoms with van der Waals surface area (Å²) in [6, 6.07) is 16.5. The molecule has 3 N–H and O–H groups in total. The molecule has 214 valence electrons. The van der Waals surface area contributed by atoms with Crippen molar-refractivity contribution in [2.24, 2.45) is 10.2 Å². The van der Waals surface area contributed by atoms with Crippen molar-refractivity contribution in [2.45, 2.75) is 32.1 Å². The van der Waals surface area contributed by atoms with Crippen LogP contribution < -0.4 is 10.9 Å². The summed E-state index contributed by atoms with van der Waals surface area (Å²) in [5, 5.41) is 27.6. The standard InChI is InChI=1S/C29H27N7O4S2/c37-23(38)10-6-1-2-7-15-30-26(39)21-13-11-19(12-14-21)22-18-42-29(32-22)36-27(40)25(33-34-28-31-16-17-41-28)24(35-36)20-8-4-3-5-9-20/h3-5,8-9,11-14,16-18,35H,1-2,6-7,10,15H2,(H,30,39)(H,37,38). The number of rotatable bonds is 13. The molecule has 0 aliphatic carbocycles. The molecule has 1 amide bonds. The SMILES string of the molecule is O=C(O)CCCCCCNC(=O)c1ccc(-c2csc(-n3[nH]c(-c4ccccc4)c(N=Nc4nccs4)c3=O)n2)cc1. The number of carbonyl (C=O) groups excluding carboxylic acids is 1. The second-order valence-electron chi connectivity index (χ2n) is 9.26. The molecular weight excluding hydrogens is 574 g/mol. The fourth-order valence-corrected chi connectivity index (χ4v) is 5.41. The number of unbranched alkanes of at least 4 members (excludes halogenated alkanes) is 3. The number of aromatic amines is 1. The lowest BCUT2D eigenvalue weighted by molar-refractivity contribution is -0.137. The number of carbonyl (C=O) groups is 2. The van der Waals surface area contributed by atoms with Crippen molar-refractivity contribution in [3.63, 3.8) is 0 Å². The van der Waals surface area contributed by atoms with Gasteiger partial charge in [0.2, 0.25) is 10.3 Å². The summed E-state index contributed by atoms with van der Waals surface area (Å²) >= 11 is 2.62. The third-order valence-corrected chi connectivity index (χ3v) is 7.79. The van der Waals surface area contributed by atoms with Gasteiger partial charge in [0.15, 0.2) is 5.69 Å². The summed E-state index contributed by atoms with van der Waals surface area (Å²) in [6.07, 6.45) is 4.94. The Morgan fingerprint density at radius 2 is 1.74 bits per heavy atom. The first kappa shape index (κ1) is 28.8. The van der Waals surface area contributed by atoms with Gasteiger partial charge in [0.05, 0.1) is 11.4 Å². The predicted octanol–water partition coefficient (Wildman–Crippen LogP) is 6.59. The zero-order chi connectivity index (χ0) is 29.3. The van der Waals surface area contributed by atoms with Crippen molar-refractivity contribution < 1.29 is 14.7 Å². The van der Waals surface area contributed by atoms with Crippen LogP contribution in [0.4, 0.5) is 10.8 Å². The van der Waals surface area contributed by atoms with Crippen LogP contribution in [0.5, 0.6) is 0 Å². The van der Waals surface area contributed by atoms with Crippen molar-refractivity contribution >= 4 is 45.4 Å². The molecule has 2 aromatic carbocycles. The summed E-state index contributed by atoms with van der Waals surface area (Å²) in [7, 11) is 0. The highest BCUT2D eigenvalue weighted by Crippen LogP contribution is 2.30. The topological polar surface area (TPSA) is 155 Å². The fourth-order valence-electron chi connectivity index (χ4n) is 4.17. The van der Waals surface area contributed by atoms with Crippen molar-refractivity contribution in [3.05, 3.63) is 87.5 Å². The molecule has 0 saturated carbocycles. The van der Waals surface area contributed by atoms with Crippen LogP contribution in [-0.2, 0) is 4.79 Å². The van der Waals surface area contributed by atoms with Crippen molar-refractivity contribution in [1.29, 1.82) is 0 Å². The maximum Gasteiger partial charge on any atom is 0.303 e. The second kappa shape index (κ2) is 13.7. The van der Waals surface area contributed by atoms with E-state index in [0.717, 1.165) is 30.4 Å². The van der Waals surface area contributed by atoms with Crippen LogP contribution in [-0.4, -0.2) is 43.3 Å². The molecule has 13 heteroatoms. The van der Waals surface area contributed by atoms with Crippen LogP contribution in [0.1, 0.15) is 42.5 Å². The Bertz CT molecular complexity index is 1720. The number of H-pyrrole nitrogens is 1. The number of azo groups is 1. The smallest absolute Gasteiger partial charge is 0.303 e. The molecule has 0 aliphatic rings. The van der Waals surface area contributed by atoms with Crippen LogP contribution >= 0.6 is 22.7 Å². The Morgan fingerprint density at radius 1 is 0.952 bits per heavy atom. The number of carboxylic acids is 1. The number of amides is 1. The van der Waals surface area contributed by atoms with Gasteiger partial charge in [-0.2, -0.15) is 4.68 Å². The highest BCUT2D eigenvalue weighted by molar-refractivity contribution is 7.13. The van der Waals surface area contributed by atoms with Gasteiger partial charge in [-0.05, 0) is 25.0 Å². The van der Waals surface area contributed by atoms with Gasteiger partial charge in [0.1, 0.15) is 0 Å². The average molecular weight is 602 g/mol. The number of aliphatic carboxylic acids is 1. The van der Waals surface area contributed by atoms with Gasteiger partial charge >= 0.3 is 11.5 Å². The lowest BCUT2D eigenvalue weighted by Gasteiger charge is -2.06. The van der Waals surface area contributed by atoms with E-state index in [9.17, 15) is 14.4 Å². The number of nitrogens with one attached hydrogen (secondary N) is 2. The average Bonchev–Trinajstić information content (AvgIpc) is 3.77. The third-order valence-electron chi connectivity index (χ3n) is 6.31. The summed E-state index contributed by atoms with van der Waals surface area (Å²) in [6.45, 7) is 0.532. The highest BCUT2D eigenvalue weighted by Gasteiger charge is 2.19. The Labute approximate surface area is 248 Å². The van der Waals surface area contributed by atoms with Gasteiger partial charge in [-0.15, -0.1) is 32.9 Å². The Balaban J connectivity index is 1.28. The number of carboxylic acid groups (broad SMARTS) is 1. The molecule has 5 rings (SSSR count). The van der Waals surface area contributed by atoms with Gasteiger partial charge in [-0.25, -0.2) is 9.97 Å². The van der Waals surface area contributed by atoms with E-state index in [4.69, 9.17) is 5.11 Å². The monoisotopic (exact) mass is 601 g/mol. The van der Waals surface area contributed by atoms with E-state index in [2.05, 4.69) is 30.6 Å². The number of hydrogen-bond donors (Lipinski definition) is 3. The molecule has 3 heterocycles. The number of aromatic nitrogens is 4. The molecule has 0 fully saturated rings. The highest BCUT2D eigenvalue weighted by atomic mass is 32.1. The lowest BCUT2D eigenvalue weighted by atomic mass is 10.1. The summed E-state index contributed by atoms with van der Waals surface area (Å²) < 4.78 is 1.36. The molecule has 5 aromatic rings. The maximum atomic E-state index is 13.4. The predicted molar refractivity (Wildman–Crippen MR) is 162 cm³/mol. The first-order valence-electron chi connectivity index (χ1n) is 13.3. The van der Waals surface area contributed by atoms with E-state index in [1.54, 1.807) is 23.7 Å². The zero-order valence-corrected chi connectivity index (χ0v) is 24.0. The second-order valence-corrected chi connectivity index (χ2v) is 11.0. The fraction of sp³-hybridized carbons (Fsp3) is 0.207. The van der Waals surface area contributed by atoms with Gasteiger partial charge < -0.3 is 10.4 Å². The van der Waals surface area contributed by atoms with Gasteiger partial charge in [0.25, 0.3) is 5.91 Å². The largest absolute Gasteiger partial charge is 0.481 e. The Kier molecular flexibility index (Phi) is 9.41. The van der Waals surface area contributed by atoms with E-state index in [0.29, 0.717) is 40.2 Å². The molecule has 11 nitrogen and oxygen atoms in total. The summed E-state index contributed by atoms with van der Waals surface area (Å²) in [5.74, 6) is -0.951. The first-order chi connectivity index (χ1) is 20.5. The van der Waals surface area contributed by atoms with Gasteiger partial charge in [-0.3, -0.25) is 19.5 Å².